The fourth-order valence-electron chi connectivity index (χ4n) is 1.34. The smallest absolute Gasteiger partial charge is 0.335 e. The van der Waals surface area contributed by atoms with Crippen LogP contribution in [0.3, 0.4) is 0 Å². The molecule has 1 atom stereocenters. The lowest BCUT2D eigenvalue weighted by atomic mass is 10.2. The number of benzene rings is 1. The van der Waals surface area contributed by atoms with E-state index in [0.717, 1.165) is 6.07 Å². The predicted octanol–water partition coefficient (Wildman–Crippen LogP) is 1.41. The Morgan fingerprint density at radius 2 is 2.10 bits per heavy atom. The lowest BCUT2D eigenvalue weighted by Gasteiger charge is -2.08. The minimum absolute atomic E-state index is 0.121. The Balaban J connectivity index is 2.54. The summed E-state index contributed by atoms with van der Waals surface area (Å²) in [6.45, 7) is 1.98. The maximum Gasteiger partial charge on any atom is 0.335 e. The summed E-state index contributed by atoms with van der Waals surface area (Å²) in [5, 5.41) is 13.4. The molecule has 0 fully saturated rings. The number of hydrogen-bond acceptors (Lipinski definition) is 3. The normalized spacial score (nSPS) is 11.7. The summed E-state index contributed by atoms with van der Waals surface area (Å²) < 4.78 is 24.7. The molecule has 0 bridgehead atoms. The first-order valence-electron chi connectivity index (χ1n) is 5.86. The van der Waals surface area contributed by atoms with Gasteiger partial charge in [0.2, 0.25) is 0 Å². The van der Waals surface area contributed by atoms with Crippen LogP contribution in [0.4, 0.5) is 14.9 Å². The van der Waals surface area contributed by atoms with Crippen LogP contribution in [0.15, 0.2) is 18.2 Å². The number of carboxylic acids is 1. The highest BCUT2D eigenvalue weighted by Crippen LogP contribution is 2.15. The van der Waals surface area contributed by atoms with Gasteiger partial charge in [0.1, 0.15) is 5.82 Å². The number of nitrogens with one attached hydrogen (secondary N) is 2. The molecule has 0 aromatic heterocycles. The molecule has 1 unspecified atom stereocenters. The lowest BCUT2D eigenvalue weighted by molar-refractivity contribution is 0.0696. The number of carbonyl (C=O) groups is 2. The Hall–Kier alpha value is -1.96. The Morgan fingerprint density at radius 1 is 1.40 bits per heavy atom. The van der Waals surface area contributed by atoms with Gasteiger partial charge in [-0.2, -0.15) is 0 Å². The molecule has 0 aliphatic rings. The second-order valence-corrected chi connectivity index (χ2v) is 5.68. The number of carbonyl (C=O) groups excluding carboxylic acids is 1. The average molecular weight is 302 g/mol. The summed E-state index contributed by atoms with van der Waals surface area (Å²) in [6.07, 6.45) is 0. The van der Waals surface area contributed by atoms with Crippen molar-refractivity contribution in [2.45, 2.75) is 6.92 Å². The van der Waals surface area contributed by atoms with Crippen molar-refractivity contribution in [3.63, 3.8) is 0 Å². The minimum Gasteiger partial charge on any atom is -0.478 e. The highest BCUT2D eigenvalue weighted by atomic mass is 32.2. The molecule has 0 saturated heterocycles. The molecule has 0 radical (unpaired) electrons. The molecule has 0 saturated carbocycles. The van der Waals surface area contributed by atoms with Crippen LogP contribution in [0, 0.1) is 5.82 Å². The standard InChI is InChI=1S/C12H15FN2O4S/c1-2-20(19)6-5-14-12(18)15-10-4-3-8(11(16)17)7-9(10)13/h3-4,7H,2,5-6H2,1H3,(H,16,17)(H2,14,15,18). The van der Waals surface area contributed by atoms with Crippen molar-refractivity contribution in [1.82, 2.24) is 5.32 Å². The van der Waals surface area contributed by atoms with E-state index in [-0.39, 0.29) is 17.8 Å². The Bertz CT molecular complexity index is 536. The lowest BCUT2D eigenvalue weighted by Crippen LogP contribution is -2.32. The van der Waals surface area contributed by atoms with Crippen LogP contribution in [0.5, 0.6) is 0 Å². The summed E-state index contributed by atoms with van der Waals surface area (Å²) in [6, 6.07) is 2.54. The van der Waals surface area contributed by atoms with Crippen LogP contribution in [0.1, 0.15) is 17.3 Å². The molecular formula is C12H15FN2O4S. The molecule has 1 rings (SSSR count). The number of anilines is 1. The van der Waals surface area contributed by atoms with Crippen LogP contribution in [-0.4, -0.2) is 39.4 Å². The van der Waals surface area contributed by atoms with Gasteiger partial charge < -0.3 is 15.7 Å². The Kier molecular flexibility index (Phi) is 6.10. The average Bonchev–Trinajstić information content (AvgIpc) is 2.40. The summed E-state index contributed by atoms with van der Waals surface area (Å²) in [5.74, 6) is -1.25. The van der Waals surface area contributed by atoms with Crippen molar-refractivity contribution in [2.75, 3.05) is 23.4 Å². The van der Waals surface area contributed by atoms with E-state index in [9.17, 15) is 18.2 Å². The van der Waals surface area contributed by atoms with Gasteiger partial charge in [-0.25, -0.2) is 14.0 Å². The summed E-state index contributed by atoms with van der Waals surface area (Å²) in [4.78, 5) is 22.1. The predicted molar refractivity (Wildman–Crippen MR) is 73.9 cm³/mol. The van der Waals surface area contributed by atoms with Gasteiger partial charge in [-0.05, 0) is 18.2 Å². The third kappa shape index (κ3) is 4.96. The maximum atomic E-state index is 13.5. The molecule has 1 aromatic carbocycles. The Morgan fingerprint density at radius 3 is 2.65 bits per heavy atom. The number of carboxylic acid groups (broad SMARTS) is 1. The topological polar surface area (TPSA) is 95.5 Å². The van der Waals surface area contributed by atoms with E-state index in [1.807, 2.05) is 0 Å². The zero-order chi connectivity index (χ0) is 15.1. The van der Waals surface area contributed by atoms with Crippen LogP contribution in [-0.2, 0) is 10.8 Å². The van der Waals surface area contributed by atoms with E-state index in [2.05, 4.69) is 10.6 Å². The quantitative estimate of drug-likeness (QED) is 0.740. The molecule has 0 heterocycles. The van der Waals surface area contributed by atoms with E-state index < -0.39 is 28.6 Å². The molecule has 8 heteroatoms. The molecule has 110 valence electrons. The molecule has 3 N–H and O–H groups in total. The highest BCUT2D eigenvalue weighted by molar-refractivity contribution is 7.84. The number of rotatable bonds is 6. The molecule has 2 amide bonds. The van der Waals surface area contributed by atoms with Crippen LogP contribution in [0.2, 0.25) is 0 Å². The fourth-order valence-corrected chi connectivity index (χ4v) is 1.96. The van der Waals surface area contributed by atoms with E-state index in [4.69, 9.17) is 5.11 Å². The first-order valence-corrected chi connectivity index (χ1v) is 7.35. The minimum atomic E-state index is -1.25. The van der Waals surface area contributed by atoms with Gasteiger partial charge in [-0.3, -0.25) is 4.21 Å². The van der Waals surface area contributed by atoms with Gasteiger partial charge >= 0.3 is 12.0 Å². The van der Waals surface area contributed by atoms with Crippen molar-refractivity contribution in [3.05, 3.63) is 29.6 Å². The largest absolute Gasteiger partial charge is 0.478 e. The number of hydrogen-bond donors (Lipinski definition) is 3. The molecule has 20 heavy (non-hydrogen) atoms. The number of urea groups is 1. The third-order valence-electron chi connectivity index (χ3n) is 2.40. The fraction of sp³-hybridized carbons (Fsp3) is 0.333. The molecule has 6 nitrogen and oxygen atoms in total. The van der Waals surface area contributed by atoms with Gasteiger partial charge in [0.25, 0.3) is 0 Å². The van der Waals surface area contributed by atoms with Crippen molar-refractivity contribution < 1.29 is 23.3 Å². The zero-order valence-electron chi connectivity index (χ0n) is 10.8. The van der Waals surface area contributed by atoms with Gasteiger partial charge in [-0.1, -0.05) is 6.92 Å². The molecule has 0 aliphatic carbocycles. The molecule has 1 aromatic rings. The van der Waals surface area contributed by atoms with Gasteiger partial charge in [0.15, 0.2) is 0 Å². The third-order valence-corrected chi connectivity index (χ3v) is 3.70. The molecule has 0 spiro atoms. The van der Waals surface area contributed by atoms with Crippen LogP contribution < -0.4 is 10.6 Å². The van der Waals surface area contributed by atoms with Crippen molar-refractivity contribution >= 4 is 28.5 Å². The maximum absolute atomic E-state index is 13.5. The highest BCUT2D eigenvalue weighted by Gasteiger charge is 2.10. The van der Waals surface area contributed by atoms with Crippen molar-refractivity contribution in [1.29, 1.82) is 0 Å². The number of halogens is 1. The molecular weight excluding hydrogens is 287 g/mol. The number of aromatic carboxylic acids is 1. The second-order valence-electron chi connectivity index (χ2n) is 3.81. The van der Waals surface area contributed by atoms with E-state index in [1.54, 1.807) is 6.92 Å². The van der Waals surface area contributed by atoms with Gasteiger partial charge in [0.05, 0.1) is 11.3 Å². The number of amides is 2. The summed E-state index contributed by atoms with van der Waals surface area (Å²) in [5.41, 5.74) is -0.323. The van der Waals surface area contributed by atoms with E-state index >= 15 is 0 Å². The van der Waals surface area contributed by atoms with Gasteiger partial charge in [-0.15, -0.1) is 0 Å². The van der Waals surface area contributed by atoms with Crippen LogP contribution >= 0.6 is 0 Å². The van der Waals surface area contributed by atoms with Crippen LogP contribution in [0.25, 0.3) is 0 Å². The van der Waals surface area contributed by atoms with Gasteiger partial charge in [0, 0.05) is 28.9 Å². The molecule has 0 aliphatic heterocycles. The summed E-state index contributed by atoms with van der Waals surface area (Å²) in [7, 11) is -0.984. The Labute approximate surface area is 117 Å². The van der Waals surface area contributed by atoms with Crippen molar-refractivity contribution in [2.24, 2.45) is 0 Å². The monoisotopic (exact) mass is 302 g/mol. The second kappa shape index (κ2) is 7.59. The first kappa shape index (κ1) is 16.1. The van der Waals surface area contributed by atoms with Crippen molar-refractivity contribution in [3.8, 4) is 0 Å². The van der Waals surface area contributed by atoms with E-state index in [1.165, 1.54) is 12.1 Å². The first-order chi connectivity index (χ1) is 9.43. The summed E-state index contributed by atoms with van der Waals surface area (Å²) >= 11 is 0. The SMILES string of the molecule is CCS(=O)CCNC(=O)Nc1ccc(C(=O)O)cc1F. The van der Waals surface area contributed by atoms with E-state index in [0.29, 0.717) is 11.5 Å². The zero-order valence-corrected chi connectivity index (χ0v) is 11.6.